The molecule has 4 nitrogen and oxygen atoms in total. The van der Waals surface area contributed by atoms with Crippen LogP contribution >= 0.6 is 0 Å². The first-order valence-electron chi connectivity index (χ1n) is 7.61. The Bertz CT molecular complexity index is 457. The van der Waals surface area contributed by atoms with E-state index in [1.54, 1.807) is 24.3 Å². The lowest BCUT2D eigenvalue weighted by Gasteiger charge is -2.18. The second kappa shape index (κ2) is 7.93. The molecule has 1 heterocycles. The van der Waals surface area contributed by atoms with Crippen LogP contribution in [0, 0.1) is 0 Å². The van der Waals surface area contributed by atoms with Gasteiger partial charge in [0.15, 0.2) is 0 Å². The summed E-state index contributed by atoms with van der Waals surface area (Å²) in [5.41, 5.74) is 0.527. The number of rotatable bonds is 7. The predicted molar refractivity (Wildman–Crippen MR) is 79.1 cm³/mol. The van der Waals surface area contributed by atoms with Crippen LogP contribution in [0.5, 0.6) is 0 Å². The molecule has 1 saturated heterocycles. The minimum atomic E-state index is -0.454. The van der Waals surface area contributed by atoms with Crippen LogP contribution in [0.25, 0.3) is 0 Å². The molecule has 1 aromatic rings. The van der Waals surface area contributed by atoms with Gasteiger partial charge < -0.3 is 14.3 Å². The molecule has 114 valence electrons. The van der Waals surface area contributed by atoms with Crippen molar-refractivity contribution in [3.8, 4) is 0 Å². The van der Waals surface area contributed by atoms with Gasteiger partial charge in [-0.1, -0.05) is 44.4 Å². The largest absolute Gasteiger partial charge is 0.456 e. The maximum absolute atomic E-state index is 12.1. The lowest BCUT2D eigenvalue weighted by atomic mass is 10.0. The molecule has 21 heavy (non-hydrogen) atoms. The number of esters is 1. The van der Waals surface area contributed by atoms with Crippen LogP contribution in [0.15, 0.2) is 30.3 Å². The number of aldehydes is 1. The van der Waals surface area contributed by atoms with Crippen molar-refractivity contribution in [1.82, 2.24) is 0 Å². The fourth-order valence-corrected chi connectivity index (χ4v) is 2.59. The van der Waals surface area contributed by atoms with Crippen LogP contribution in [0.1, 0.15) is 49.4 Å². The molecule has 0 bridgehead atoms. The molecule has 1 aliphatic heterocycles. The molecular weight excluding hydrogens is 268 g/mol. The zero-order valence-corrected chi connectivity index (χ0v) is 12.4. The highest BCUT2D eigenvalue weighted by atomic mass is 16.6. The second-order valence-electron chi connectivity index (χ2n) is 5.39. The van der Waals surface area contributed by atoms with Gasteiger partial charge in [0.1, 0.15) is 18.5 Å². The molecule has 0 amide bonds. The van der Waals surface area contributed by atoms with Crippen molar-refractivity contribution in [2.45, 2.75) is 57.3 Å². The van der Waals surface area contributed by atoms with Crippen molar-refractivity contribution in [3.63, 3.8) is 0 Å². The lowest BCUT2D eigenvalue weighted by Crippen LogP contribution is -2.27. The van der Waals surface area contributed by atoms with E-state index in [1.807, 2.05) is 6.07 Å². The first kappa shape index (κ1) is 15.7. The molecule has 0 unspecified atom stereocenters. The Morgan fingerprint density at radius 1 is 1.33 bits per heavy atom. The number of hydrogen-bond acceptors (Lipinski definition) is 4. The maximum atomic E-state index is 12.1. The summed E-state index contributed by atoms with van der Waals surface area (Å²) in [6.07, 6.45) is 4.39. The van der Waals surface area contributed by atoms with E-state index in [0.29, 0.717) is 12.0 Å². The van der Waals surface area contributed by atoms with Gasteiger partial charge in [0.25, 0.3) is 0 Å². The standard InChI is InChI=1S/C17H22O4/c1-2-3-5-10-15-16(11-14(12-18)20-15)21-17(19)13-8-6-4-7-9-13/h4,6-9,12,14-16H,2-3,5,10-11H2,1H3/t14-,15-,16-/m0/s1. The summed E-state index contributed by atoms with van der Waals surface area (Å²) in [7, 11) is 0. The molecule has 0 aromatic heterocycles. The summed E-state index contributed by atoms with van der Waals surface area (Å²) in [5.74, 6) is -0.351. The van der Waals surface area contributed by atoms with Crippen LogP contribution < -0.4 is 0 Å². The van der Waals surface area contributed by atoms with Gasteiger partial charge in [0.05, 0.1) is 11.7 Å². The van der Waals surface area contributed by atoms with Gasteiger partial charge in [-0.25, -0.2) is 4.79 Å². The molecule has 2 rings (SSSR count). The predicted octanol–water partition coefficient (Wildman–Crippen LogP) is 3.15. The van der Waals surface area contributed by atoms with E-state index < -0.39 is 6.10 Å². The van der Waals surface area contributed by atoms with E-state index in [-0.39, 0.29) is 18.2 Å². The zero-order chi connectivity index (χ0) is 15.1. The van der Waals surface area contributed by atoms with E-state index in [0.717, 1.165) is 32.0 Å². The molecule has 1 fully saturated rings. The fourth-order valence-electron chi connectivity index (χ4n) is 2.59. The smallest absolute Gasteiger partial charge is 0.338 e. The Morgan fingerprint density at radius 2 is 2.10 bits per heavy atom. The lowest BCUT2D eigenvalue weighted by molar-refractivity contribution is -0.117. The van der Waals surface area contributed by atoms with E-state index >= 15 is 0 Å². The second-order valence-corrected chi connectivity index (χ2v) is 5.39. The molecule has 0 saturated carbocycles. The van der Waals surface area contributed by atoms with Crippen molar-refractivity contribution in [3.05, 3.63) is 35.9 Å². The summed E-state index contributed by atoms with van der Waals surface area (Å²) in [6.45, 7) is 2.14. The third-order valence-electron chi connectivity index (χ3n) is 3.74. The highest BCUT2D eigenvalue weighted by Gasteiger charge is 2.37. The van der Waals surface area contributed by atoms with E-state index in [2.05, 4.69) is 6.92 Å². The Hall–Kier alpha value is -1.68. The summed E-state index contributed by atoms with van der Waals surface area (Å²) in [5, 5.41) is 0. The summed E-state index contributed by atoms with van der Waals surface area (Å²) < 4.78 is 11.2. The minimum Gasteiger partial charge on any atom is -0.456 e. The third kappa shape index (κ3) is 4.39. The van der Waals surface area contributed by atoms with Crippen molar-refractivity contribution < 1.29 is 19.1 Å². The number of hydrogen-bond donors (Lipinski definition) is 0. The molecule has 1 aromatic carbocycles. The number of carbonyl (C=O) groups excluding carboxylic acids is 2. The zero-order valence-electron chi connectivity index (χ0n) is 12.4. The van der Waals surface area contributed by atoms with Gasteiger partial charge in [-0.3, -0.25) is 0 Å². The summed E-state index contributed by atoms with van der Waals surface area (Å²) >= 11 is 0. The maximum Gasteiger partial charge on any atom is 0.338 e. The van der Waals surface area contributed by atoms with Gasteiger partial charge >= 0.3 is 5.97 Å². The van der Waals surface area contributed by atoms with Gasteiger partial charge in [0, 0.05) is 6.42 Å². The van der Waals surface area contributed by atoms with Crippen LogP contribution in [-0.4, -0.2) is 30.6 Å². The van der Waals surface area contributed by atoms with Gasteiger partial charge in [-0.15, -0.1) is 0 Å². The van der Waals surface area contributed by atoms with Crippen LogP contribution in [0.4, 0.5) is 0 Å². The SMILES string of the molecule is CCCCC[C@@H]1O[C@H](C=O)C[C@@H]1OC(=O)c1ccccc1. The molecule has 0 N–H and O–H groups in total. The highest BCUT2D eigenvalue weighted by Crippen LogP contribution is 2.27. The average Bonchev–Trinajstić information content (AvgIpc) is 2.90. The van der Waals surface area contributed by atoms with Crippen LogP contribution in [0.3, 0.4) is 0 Å². The van der Waals surface area contributed by atoms with Crippen LogP contribution in [-0.2, 0) is 14.3 Å². The normalized spacial score (nSPS) is 24.7. The fraction of sp³-hybridized carbons (Fsp3) is 0.529. The highest BCUT2D eigenvalue weighted by molar-refractivity contribution is 5.89. The van der Waals surface area contributed by atoms with Gasteiger partial charge in [0.2, 0.25) is 0 Å². The summed E-state index contributed by atoms with van der Waals surface area (Å²) in [6, 6.07) is 8.90. The Balaban J connectivity index is 1.95. The Morgan fingerprint density at radius 3 is 2.76 bits per heavy atom. The molecule has 0 radical (unpaired) electrons. The Kier molecular flexibility index (Phi) is 5.93. The first-order chi connectivity index (χ1) is 10.2. The summed E-state index contributed by atoms with van der Waals surface area (Å²) in [4.78, 5) is 23.0. The number of ether oxygens (including phenoxy) is 2. The molecule has 0 aliphatic carbocycles. The monoisotopic (exact) mass is 290 g/mol. The minimum absolute atomic E-state index is 0.167. The topological polar surface area (TPSA) is 52.6 Å². The van der Waals surface area contributed by atoms with E-state index in [9.17, 15) is 9.59 Å². The molecule has 0 spiro atoms. The van der Waals surface area contributed by atoms with Crippen molar-refractivity contribution in [1.29, 1.82) is 0 Å². The van der Waals surface area contributed by atoms with Gasteiger partial charge in [-0.2, -0.15) is 0 Å². The number of unbranched alkanes of at least 4 members (excludes halogenated alkanes) is 2. The van der Waals surface area contributed by atoms with E-state index in [1.165, 1.54) is 0 Å². The molecule has 4 heteroatoms. The van der Waals surface area contributed by atoms with Gasteiger partial charge in [-0.05, 0) is 18.6 Å². The Labute approximate surface area is 125 Å². The van der Waals surface area contributed by atoms with E-state index in [4.69, 9.17) is 9.47 Å². The molecule has 1 aliphatic rings. The molecular formula is C17H22O4. The first-order valence-corrected chi connectivity index (χ1v) is 7.61. The third-order valence-corrected chi connectivity index (χ3v) is 3.74. The quantitative estimate of drug-likeness (QED) is 0.440. The molecule has 3 atom stereocenters. The number of carbonyl (C=O) groups is 2. The number of benzene rings is 1. The van der Waals surface area contributed by atoms with Crippen molar-refractivity contribution in [2.75, 3.05) is 0 Å². The van der Waals surface area contributed by atoms with Crippen molar-refractivity contribution >= 4 is 12.3 Å². The van der Waals surface area contributed by atoms with Crippen molar-refractivity contribution in [2.24, 2.45) is 0 Å². The van der Waals surface area contributed by atoms with Crippen LogP contribution in [0.2, 0.25) is 0 Å². The average molecular weight is 290 g/mol.